The number of nitrogens with zero attached hydrogens (tertiary/aromatic N) is 1. The predicted octanol–water partition coefficient (Wildman–Crippen LogP) is 2.92. The van der Waals surface area contributed by atoms with Crippen LogP contribution in [0.4, 0.5) is 0 Å². The topological polar surface area (TPSA) is 23.8 Å². The molecule has 0 fully saturated rings. The Kier molecular flexibility index (Phi) is 2.68. The highest BCUT2D eigenvalue weighted by molar-refractivity contribution is 8.32. The van der Waals surface area contributed by atoms with E-state index < -0.39 is 10.0 Å². The van der Waals surface area contributed by atoms with Crippen molar-refractivity contribution in [2.24, 2.45) is 0 Å². The second-order valence-electron chi connectivity index (χ2n) is 3.98. The first-order chi connectivity index (χ1) is 5.93. The van der Waals surface area contributed by atoms with E-state index in [1.165, 1.54) is 10.5 Å². The van der Waals surface area contributed by atoms with Gasteiger partial charge in [-0.3, -0.25) is 0 Å². The Labute approximate surface area is 81.7 Å². The lowest BCUT2D eigenvalue weighted by molar-refractivity contribution is 1.32. The molecule has 1 nitrogen and oxygen atoms in total. The molecule has 0 aliphatic carbocycles. The normalized spacial score (nSPS) is 12.2. The van der Waals surface area contributed by atoms with Crippen LogP contribution in [0, 0.1) is 18.3 Å². The van der Waals surface area contributed by atoms with Gasteiger partial charge in [0.15, 0.2) is 0 Å². The summed E-state index contributed by atoms with van der Waals surface area (Å²) < 4.78 is 0. The van der Waals surface area contributed by atoms with Crippen LogP contribution in [0.2, 0.25) is 0 Å². The largest absolute Gasteiger partial charge is 0.223 e. The summed E-state index contributed by atoms with van der Waals surface area (Å²) in [7, 11) is -0.709. The van der Waals surface area contributed by atoms with Crippen molar-refractivity contribution in [3.8, 4) is 6.07 Å². The molecule has 2 heteroatoms. The molecule has 0 radical (unpaired) electrons. The maximum Gasteiger partial charge on any atom is 0.0992 e. The van der Waals surface area contributed by atoms with E-state index in [9.17, 15) is 0 Å². The van der Waals surface area contributed by atoms with E-state index in [0.717, 1.165) is 5.56 Å². The van der Waals surface area contributed by atoms with E-state index in [2.05, 4.69) is 30.9 Å². The lowest BCUT2D eigenvalue weighted by Gasteiger charge is -2.26. The van der Waals surface area contributed by atoms with Gasteiger partial charge in [0.25, 0.3) is 0 Å². The first-order valence-electron chi connectivity index (χ1n) is 4.13. The Morgan fingerprint density at radius 2 is 1.77 bits per heavy atom. The molecule has 70 valence electrons. The molecule has 0 unspecified atom stereocenters. The van der Waals surface area contributed by atoms with Crippen LogP contribution in [0.3, 0.4) is 0 Å². The van der Waals surface area contributed by atoms with E-state index in [0.29, 0.717) is 0 Å². The molecule has 0 aliphatic rings. The van der Waals surface area contributed by atoms with Crippen molar-refractivity contribution < 1.29 is 0 Å². The minimum Gasteiger partial charge on any atom is -0.223 e. The average Bonchev–Trinajstić information content (AvgIpc) is 2.01. The molecule has 0 aromatic heterocycles. The Morgan fingerprint density at radius 3 is 2.23 bits per heavy atom. The molecule has 0 atom stereocenters. The van der Waals surface area contributed by atoms with Crippen LogP contribution in [0.15, 0.2) is 23.1 Å². The van der Waals surface area contributed by atoms with Gasteiger partial charge in [-0.1, -0.05) is 0 Å². The summed E-state index contributed by atoms with van der Waals surface area (Å²) in [5.74, 6) is 0. The number of rotatable bonds is 1. The molecule has 0 N–H and O–H groups in total. The van der Waals surface area contributed by atoms with Crippen LogP contribution in [-0.4, -0.2) is 18.8 Å². The first kappa shape index (κ1) is 10.1. The molecule has 0 saturated carbocycles. The van der Waals surface area contributed by atoms with Gasteiger partial charge in [-0.15, -0.1) is 0 Å². The highest BCUT2D eigenvalue weighted by Gasteiger charge is 2.09. The molecule has 0 amide bonds. The SMILES string of the molecule is Cc1cc(C#N)cc(S(C)(C)C)c1. The van der Waals surface area contributed by atoms with Crippen molar-refractivity contribution in [2.75, 3.05) is 18.8 Å². The zero-order valence-corrected chi connectivity index (χ0v) is 9.40. The maximum absolute atomic E-state index is 8.81. The smallest absolute Gasteiger partial charge is 0.0992 e. The molecule has 1 rings (SSSR count). The lowest BCUT2D eigenvalue weighted by Crippen LogP contribution is -1.94. The van der Waals surface area contributed by atoms with Crippen molar-refractivity contribution in [3.05, 3.63) is 29.3 Å². The second-order valence-corrected chi connectivity index (χ2v) is 8.13. The quantitative estimate of drug-likeness (QED) is 0.672. The van der Waals surface area contributed by atoms with Crippen molar-refractivity contribution in [3.63, 3.8) is 0 Å². The fraction of sp³-hybridized carbons (Fsp3) is 0.364. The van der Waals surface area contributed by atoms with Gasteiger partial charge in [0.1, 0.15) is 0 Å². The van der Waals surface area contributed by atoms with Crippen molar-refractivity contribution in [2.45, 2.75) is 11.8 Å². The highest BCUT2D eigenvalue weighted by Crippen LogP contribution is 2.45. The Balaban J connectivity index is 3.26. The molecule has 1 aromatic rings. The van der Waals surface area contributed by atoms with E-state index >= 15 is 0 Å². The van der Waals surface area contributed by atoms with Crippen LogP contribution in [0.1, 0.15) is 11.1 Å². The Morgan fingerprint density at radius 1 is 1.15 bits per heavy atom. The van der Waals surface area contributed by atoms with Gasteiger partial charge < -0.3 is 0 Å². The zero-order chi connectivity index (χ0) is 10.1. The molecular formula is C11H15NS. The number of nitriles is 1. The van der Waals surface area contributed by atoms with Crippen molar-refractivity contribution >= 4 is 10.0 Å². The summed E-state index contributed by atoms with van der Waals surface area (Å²) in [5.41, 5.74) is 1.95. The number of aryl methyl sites for hydroxylation is 1. The summed E-state index contributed by atoms with van der Waals surface area (Å²) in [4.78, 5) is 1.31. The van der Waals surface area contributed by atoms with E-state index in [-0.39, 0.29) is 0 Å². The predicted molar refractivity (Wildman–Crippen MR) is 59.5 cm³/mol. The van der Waals surface area contributed by atoms with E-state index in [4.69, 9.17) is 5.26 Å². The Hall–Kier alpha value is -0.940. The third-order valence-electron chi connectivity index (χ3n) is 1.89. The summed E-state index contributed by atoms with van der Waals surface area (Å²) in [6.07, 6.45) is 6.72. The fourth-order valence-corrected chi connectivity index (χ4v) is 2.19. The average molecular weight is 193 g/mol. The molecule has 0 aliphatic heterocycles. The highest BCUT2D eigenvalue weighted by atomic mass is 32.3. The standard InChI is InChI=1S/C11H15NS/c1-9-5-10(8-12)7-11(6-9)13(2,3)4/h5-7H,1-4H3. The fourth-order valence-electron chi connectivity index (χ4n) is 1.17. The minimum atomic E-state index is -0.709. The van der Waals surface area contributed by atoms with Gasteiger partial charge in [0, 0.05) is 0 Å². The van der Waals surface area contributed by atoms with Gasteiger partial charge in [-0.05, 0) is 54.3 Å². The second kappa shape index (κ2) is 3.43. The van der Waals surface area contributed by atoms with E-state index in [1.807, 2.05) is 19.1 Å². The van der Waals surface area contributed by atoms with Gasteiger partial charge in [0.2, 0.25) is 0 Å². The van der Waals surface area contributed by atoms with Crippen LogP contribution >= 0.6 is 10.0 Å². The molecule has 0 saturated heterocycles. The molecule has 13 heavy (non-hydrogen) atoms. The first-order valence-corrected chi connectivity index (χ1v) is 6.99. The number of hydrogen-bond acceptors (Lipinski definition) is 1. The Bertz CT molecular complexity index is 355. The number of benzene rings is 1. The van der Waals surface area contributed by atoms with E-state index in [1.54, 1.807) is 0 Å². The summed E-state index contributed by atoms with van der Waals surface area (Å²) in [6, 6.07) is 8.30. The van der Waals surface area contributed by atoms with Crippen LogP contribution < -0.4 is 0 Å². The van der Waals surface area contributed by atoms with Gasteiger partial charge in [-0.2, -0.15) is 5.26 Å². The molecule has 0 bridgehead atoms. The summed E-state index contributed by atoms with van der Waals surface area (Å²) in [5, 5.41) is 8.81. The third kappa shape index (κ3) is 2.50. The lowest BCUT2D eigenvalue weighted by atomic mass is 10.2. The van der Waals surface area contributed by atoms with Crippen LogP contribution in [0.25, 0.3) is 0 Å². The van der Waals surface area contributed by atoms with Crippen molar-refractivity contribution in [1.29, 1.82) is 5.26 Å². The number of hydrogen-bond donors (Lipinski definition) is 0. The molecule has 0 heterocycles. The monoisotopic (exact) mass is 193 g/mol. The maximum atomic E-state index is 8.81. The van der Waals surface area contributed by atoms with Crippen molar-refractivity contribution in [1.82, 2.24) is 0 Å². The summed E-state index contributed by atoms with van der Waals surface area (Å²) in [6.45, 7) is 2.04. The van der Waals surface area contributed by atoms with Gasteiger partial charge >= 0.3 is 0 Å². The zero-order valence-electron chi connectivity index (χ0n) is 8.59. The van der Waals surface area contributed by atoms with Crippen LogP contribution in [0.5, 0.6) is 0 Å². The van der Waals surface area contributed by atoms with Crippen LogP contribution in [-0.2, 0) is 0 Å². The van der Waals surface area contributed by atoms with Gasteiger partial charge in [0.05, 0.1) is 11.6 Å². The summed E-state index contributed by atoms with van der Waals surface area (Å²) >= 11 is 0. The minimum absolute atomic E-state index is 0.709. The molecule has 0 spiro atoms. The van der Waals surface area contributed by atoms with Gasteiger partial charge in [-0.25, -0.2) is 10.0 Å². The molecule has 1 aromatic carbocycles. The third-order valence-corrected chi connectivity index (χ3v) is 3.54. The molecular weight excluding hydrogens is 178 g/mol.